The predicted molar refractivity (Wildman–Crippen MR) is 378 cm³/mol. The first-order valence-corrected chi connectivity index (χ1v) is 34.3. The molecule has 3 fully saturated rings. The van der Waals surface area contributed by atoms with Gasteiger partial charge in [0.25, 0.3) is 17.7 Å². The highest BCUT2D eigenvalue weighted by molar-refractivity contribution is 9.11. The molecule has 0 aliphatic carbocycles. The molecule has 0 saturated carbocycles. The van der Waals surface area contributed by atoms with Gasteiger partial charge in [-0.05, 0) is 196 Å². The second kappa shape index (κ2) is 25.4. The van der Waals surface area contributed by atoms with Crippen molar-refractivity contribution in [3.05, 3.63) is 209 Å². The number of carbonyl (C=O) groups is 3. The van der Waals surface area contributed by atoms with Gasteiger partial charge in [-0.2, -0.15) is 45.0 Å². The van der Waals surface area contributed by atoms with Crippen molar-refractivity contribution >= 4 is 99.0 Å². The minimum atomic E-state index is -0.512. The van der Waals surface area contributed by atoms with Gasteiger partial charge in [-0.15, -0.1) is 0 Å². The summed E-state index contributed by atoms with van der Waals surface area (Å²) in [6.07, 6.45) is 16.0. The lowest BCUT2D eigenvalue weighted by atomic mass is 9.88. The number of hydrogen-bond donors (Lipinski definition) is 0. The molecule has 0 spiro atoms. The first-order valence-electron chi connectivity index (χ1n) is 32.0. The highest BCUT2D eigenvalue weighted by Gasteiger charge is 2.48. The lowest BCUT2D eigenvalue weighted by molar-refractivity contribution is 0.0591. The van der Waals surface area contributed by atoms with Crippen LogP contribution < -0.4 is 0 Å². The van der Waals surface area contributed by atoms with Gasteiger partial charge in [0.15, 0.2) is 0 Å². The van der Waals surface area contributed by atoms with Crippen molar-refractivity contribution in [1.82, 2.24) is 78.8 Å². The maximum Gasteiger partial charge on any atom is 0.256 e. The minimum Gasteiger partial charge on any atom is -0.329 e. The lowest BCUT2D eigenvalue weighted by Crippen LogP contribution is -2.51. The molecule has 0 radical (unpaired) electrons. The summed E-state index contributed by atoms with van der Waals surface area (Å²) in [6.45, 7) is 20.8. The van der Waals surface area contributed by atoms with Crippen LogP contribution in [0.5, 0.6) is 0 Å². The van der Waals surface area contributed by atoms with E-state index in [1.54, 1.807) is 37.2 Å². The number of aryl methyl sites for hydroxylation is 8. The first kappa shape index (κ1) is 64.9. The minimum absolute atomic E-state index is 0.00700. The predicted octanol–water partition coefficient (Wildman–Crippen LogP) is 14.3. The van der Waals surface area contributed by atoms with Crippen molar-refractivity contribution in [2.45, 2.75) is 124 Å². The second-order valence-corrected chi connectivity index (χ2v) is 28.9. The van der Waals surface area contributed by atoms with E-state index in [2.05, 4.69) is 159 Å². The fraction of sp³-hybridized carbons (Fsp3) is 0.333. The Morgan fingerprint density at radius 1 is 0.453 bits per heavy atom. The molecule has 11 aromatic rings. The van der Waals surface area contributed by atoms with Crippen LogP contribution >= 0.6 is 47.8 Å². The number of halogens is 3. The fourth-order valence-corrected chi connectivity index (χ4v) is 16.4. The lowest BCUT2D eigenvalue weighted by Gasteiger charge is -2.36. The van der Waals surface area contributed by atoms with E-state index < -0.39 is 16.6 Å². The Hall–Kier alpha value is -8.80. The van der Waals surface area contributed by atoms with Gasteiger partial charge in [-0.25, -0.2) is 9.97 Å². The summed E-state index contributed by atoms with van der Waals surface area (Å²) in [6, 6.07) is 30.0. The van der Waals surface area contributed by atoms with E-state index >= 15 is 0 Å². The van der Waals surface area contributed by atoms with Gasteiger partial charge >= 0.3 is 0 Å². The molecule has 3 saturated heterocycles. The van der Waals surface area contributed by atoms with E-state index in [9.17, 15) is 14.4 Å². The van der Waals surface area contributed by atoms with Crippen LogP contribution in [0, 0.1) is 41.5 Å². The molecule has 95 heavy (non-hydrogen) atoms. The van der Waals surface area contributed by atoms with Crippen LogP contribution in [-0.2, 0) is 31.6 Å². The zero-order valence-electron chi connectivity index (χ0n) is 55.2. The average molecular weight is 1470 g/mol. The quantitative estimate of drug-likeness (QED) is 0.133. The van der Waals surface area contributed by atoms with Crippen LogP contribution in [0.25, 0.3) is 39.1 Å². The highest BCUT2D eigenvalue weighted by atomic mass is 79.9. The Labute approximate surface area is 576 Å². The second-order valence-electron chi connectivity index (χ2n) is 26.1. The molecular formula is C72H74Br3N17O3. The number of likely N-dealkylation sites (tertiary alicyclic amines) is 3. The third kappa shape index (κ3) is 11.7. The molecule has 3 atom stereocenters. The van der Waals surface area contributed by atoms with Crippen molar-refractivity contribution in [2.75, 3.05) is 19.6 Å². The first-order chi connectivity index (χ1) is 45.4. The van der Waals surface area contributed by atoms with E-state index in [1.165, 1.54) is 25.5 Å². The van der Waals surface area contributed by atoms with Gasteiger partial charge in [0.1, 0.15) is 11.6 Å². The summed E-state index contributed by atoms with van der Waals surface area (Å²) < 4.78 is 7.35. The van der Waals surface area contributed by atoms with E-state index in [0.717, 1.165) is 131 Å². The van der Waals surface area contributed by atoms with Crippen molar-refractivity contribution in [1.29, 1.82) is 0 Å². The van der Waals surface area contributed by atoms with Crippen LogP contribution in [0.2, 0.25) is 0 Å². The van der Waals surface area contributed by atoms with Gasteiger partial charge in [0, 0.05) is 59.3 Å². The van der Waals surface area contributed by atoms with Gasteiger partial charge in [-0.1, -0.05) is 82.7 Å². The summed E-state index contributed by atoms with van der Waals surface area (Å²) in [5, 5.41) is 25.5. The van der Waals surface area contributed by atoms with Crippen LogP contribution in [0.15, 0.2) is 147 Å². The summed E-state index contributed by atoms with van der Waals surface area (Å²) in [7, 11) is 4.08. The number of fused-ring (bicyclic) bond motifs is 3. The molecule has 15 rings (SSSR count). The van der Waals surface area contributed by atoms with Crippen molar-refractivity contribution in [2.24, 2.45) is 19.1 Å². The summed E-state index contributed by atoms with van der Waals surface area (Å²) in [5.41, 5.74) is 16.5. The topological polar surface area (TPSA) is 201 Å². The Morgan fingerprint density at radius 3 is 1.33 bits per heavy atom. The number of rotatable bonds is 9. The molecule has 0 N–H and O–H groups in total. The number of nitrogens with zero attached hydrogens (tertiary/aromatic N) is 17. The number of aliphatic imine (C=N–C) groups is 1. The Bertz CT molecular complexity index is 4750. The smallest absolute Gasteiger partial charge is 0.256 e. The average Bonchev–Trinajstić information content (AvgIpc) is 1.60. The molecule has 23 heteroatoms. The number of aromatic nitrogens is 13. The number of carbonyl (C=O) groups excluding carboxylic acids is 3. The van der Waals surface area contributed by atoms with Crippen LogP contribution in [0.3, 0.4) is 0 Å². The Kier molecular flexibility index (Phi) is 17.4. The standard InChI is InChI=1S/2C24H25BrN6O.C24H24BrN5O/c1-15-6-7-20(31-26-9-10-27-31)18(12-15)22(32)30-11-5-8-24(30,3)23-28-19-14-17(25)13-16(2)21(19)29(23)4;1-15-6-7-19(31-26-9-10-27-31)18(12-15)22(32)30-11-5-8-24(30,3)23-28-21-16(2)13-17(25)14-20(21)29(23)4;1-15-5-6-21(30-26-8-9-27-30)19(11-15)23(31)29-10-4-7-24(29,3)22-14-18-16(2)12-17(25)13-20(18)28-22/h2*6-7,9-10,12-14H,5,8,11H2,1-4H3;5-6,8-9,11-13H,4,7,10,14H2,1-3H3/t3*24-/m000/s1. The van der Waals surface area contributed by atoms with Gasteiger partial charge < -0.3 is 23.8 Å². The zero-order valence-corrected chi connectivity index (χ0v) is 59.9. The SMILES string of the molecule is Cc1ccc(-n2nccn2)c(C(=O)N2CCC[C@@]2(C)C2=Nc3cc(Br)cc(C)c3C2)c1.Cc1ccc(-n2nccn2)c(C(=O)N2CCC[C@@]2(C)c2nc3c(C)cc(Br)cc3n2C)c1.Cc1ccc(-n2nccn2)c(C(=O)N2CCC[C@@]2(C)c2nc3cc(Br)cc(C)c3n2C)c1. The Balaban J connectivity index is 0.000000129. The largest absolute Gasteiger partial charge is 0.329 e. The van der Waals surface area contributed by atoms with Crippen molar-refractivity contribution < 1.29 is 14.4 Å². The molecule has 6 aromatic carbocycles. The molecule has 0 unspecified atom stereocenters. The monoisotopic (exact) mass is 1460 g/mol. The maximum atomic E-state index is 14.0. The van der Waals surface area contributed by atoms with E-state index in [1.807, 2.05) is 110 Å². The highest BCUT2D eigenvalue weighted by Crippen LogP contribution is 2.45. The van der Waals surface area contributed by atoms with Crippen LogP contribution in [0.1, 0.15) is 141 Å². The van der Waals surface area contributed by atoms with E-state index in [4.69, 9.17) is 15.0 Å². The van der Waals surface area contributed by atoms with Crippen molar-refractivity contribution in [3.8, 4) is 17.1 Å². The van der Waals surface area contributed by atoms with E-state index in [0.29, 0.717) is 53.4 Å². The number of hydrogen-bond acceptors (Lipinski definition) is 12. The normalized spacial score (nSPS) is 19.1. The number of benzene rings is 6. The third-order valence-corrected chi connectivity index (χ3v) is 20.9. The van der Waals surface area contributed by atoms with Crippen LogP contribution in [0.4, 0.5) is 5.69 Å². The molecule has 4 aliphatic heterocycles. The van der Waals surface area contributed by atoms with Crippen molar-refractivity contribution in [3.63, 3.8) is 0 Å². The Morgan fingerprint density at radius 2 is 0.853 bits per heavy atom. The molecule has 0 bridgehead atoms. The molecule has 5 aromatic heterocycles. The molecule has 486 valence electrons. The van der Waals surface area contributed by atoms with Crippen LogP contribution in [-0.4, -0.2) is 127 Å². The number of imidazole rings is 2. The van der Waals surface area contributed by atoms with Gasteiger partial charge in [0.05, 0.1) is 115 Å². The molecular weight excluding hydrogens is 1390 g/mol. The van der Waals surface area contributed by atoms with Gasteiger partial charge in [0.2, 0.25) is 0 Å². The molecule has 9 heterocycles. The maximum absolute atomic E-state index is 14.0. The summed E-state index contributed by atoms with van der Waals surface area (Å²) in [5.74, 6) is 1.78. The molecule has 20 nitrogen and oxygen atoms in total. The van der Waals surface area contributed by atoms with Gasteiger partial charge in [-0.3, -0.25) is 19.4 Å². The zero-order chi connectivity index (χ0) is 67.0. The van der Waals surface area contributed by atoms with E-state index in [-0.39, 0.29) is 17.7 Å². The molecule has 4 aliphatic rings. The summed E-state index contributed by atoms with van der Waals surface area (Å²) in [4.78, 5) is 67.4. The summed E-state index contributed by atoms with van der Waals surface area (Å²) >= 11 is 10.8. The third-order valence-electron chi connectivity index (χ3n) is 19.6. The number of amides is 3. The fourth-order valence-electron chi connectivity index (χ4n) is 14.7. The molecule has 3 amide bonds.